The van der Waals surface area contributed by atoms with Gasteiger partial charge in [-0.2, -0.15) is 13.2 Å². The van der Waals surface area contributed by atoms with Crippen molar-refractivity contribution in [2.24, 2.45) is 21.5 Å². The minimum absolute atomic E-state index is 0. The maximum absolute atomic E-state index is 12.6. The summed E-state index contributed by atoms with van der Waals surface area (Å²) in [6.07, 6.45) is -6.00. The highest BCUT2D eigenvalue weighted by atomic mass is 35.5. The van der Waals surface area contributed by atoms with Gasteiger partial charge in [0, 0.05) is 10.3 Å². The summed E-state index contributed by atoms with van der Waals surface area (Å²) in [4.78, 5) is 7.91. The van der Waals surface area contributed by atoms with Crippen LogP contribution in [-0.4, -0.2) is 28.1 Å². The minimum Gasteiger partial charge on any atom is -0.383 e. The lowest BCUT2D eigenvalue weighted by Crippen LogP contribution is -2.30. The van der Waals surface area contributed by atoms with E-state index >= 15 is 0 Å². The molecular formula is C10H14ClF3N4S. The molecule has 0 saturated carbocycles. The van der Waals surface area contributed by atoms with Crippen molar-refractivity contribution in [3.63, 3.8) is 0 Å². The van der Waals surface area contributed by atoms with Gasteiger partial charge in [0.05, 0.1) is 6.42 Å². The zero-order valence-electron chi connectivity index (χ0n) is 10.3. The smallest absolute Gasteiger partial charge is 0.383 e. The fraction of sp³-hybridized carbons (Fsp3) is 0.600. The Balaban J connectivity index is 0.00000180. The van der Waals surface area contributed by atoms with E-state index in [1.165, 1.54) is 6.92 Å². The predicted octanol–water partition coefficient (Wildman–Crippen LogP) is 2.19. The van der Waals surface area contributed by atoms with Gasteiger partial charge in [-0.15, -0.1) is 12.4 Å². The molecule has 0 amide bonds. The number of thioether (sulfide) groups is 1. The van der Waals surface area contributed by atoms with Crippen molar-refractivity contribution < 1.29 is 13.2 Å². The highest BCUT2D eigenvalue weighted by Gasteiger charge is 2.48. The van der Waals surface area contributed by atoms with Gasteiger partial charge in [-0.3, -0.25) is 5.73 Å². The van der Waals surface area contributed by atoms with E-state index in [1.807, 2.05) is 0 Å². The molecule has 0 spiro atoms. The molecule has 0 aromatic heterocycles. The third-order valence-electron chi connectivity index (χ3n) is 3.02. The van der Waals surface area contributed by atoms with Gasteiger partial charge in [0.15, 0.2) is 6.29 Å². The average molecular weight is 315 g/mol. The Morgan fingerprint density at radius 2 is 1.95 bits per heavy atom. The largest absolute Gasteiger partial charge is 0.390 e. The molecule has 0 radical (unpaired) electrons. The van der Waals surface area contributed by atoms with Crippen LogP contribution in [0.3, 0.4) is 0 Å². The molecule has 19 heavy (non-hydrogen) atoms. The second kappa shape index (κ2) is 4.99. The van der Waals surface area contributed by atoms with Gasteiger partial charge in [-0.05, 0) is 19.4 Å². The van der Waals surface area contributed by atoms with Crippen molar-refractivity contribution in [2.45, 2.75) is 37.5 Å². The Bertz CT molecular complexity index is 486. The molecule has 2 unspecified atom stereocenters. The van der Waals surface area contributed by atoms with Crippen molar-refractivity contribution in [1.29, 1.82) is 0 Å². The summed E-state index contributed by atoms with van der Waals surface area (Å²) >= 11 is 1.05. The average Bonchev–Trinajstić information content (AvgIpc) is 2.34. The zero-order chi connectivity index (χ0) is 13.7. The standard InChI is InChI=1S/C10H13F3N4S.ClH/c1-4-5-6(14)16-8(15)17-7(5)18-9(4,2)3-10(11,12)13;/h8H,3,15H2,1-2H3,(H2,14,16);1H. The number of rotatable bonds is 1. The van der Waals surface area contributed by atoms with Crippen LogP contribution in [0.5, 0.6) is 0 Å². The summed E-state index contributed by atoms with van der Waals surface area (Å²) in [5, 5.41) is 0.458. The molecule has 108 valence electrons. The Hall–Kier alpha value is -0.730. The van der Waals surface area contributed by atoms with E-state index < -0.39 is 23.6 Å². The van der Waals surface area contributed by atoms with E-state index in [1.54, 1.807) is 6.92 Å². The van der Waals surface area contributed by atoms with E-state index in [0.29, 0.717) is 16.2 Å². The molecule has 9 heteroatoms. The minimum atomic E-state index is -4.24. The molecule has 2 aliphatic rings. The Morgan fingerprint density at radius 3 is 2.47 bits per heavy atom. The van der Waals surface area contributed by atoms with Crippen LogP contribution in [0.4, 0.5) is 13.2 Å². The van der Waals surface area contributed by atoms with Gasteiger partial charge >= 0.3 is 6.18 Å². The van der Waals surface area contributed by atoms with E-state index in [2.05, 4.69) is 9.98 Å². The maximum atomic E-state index is 12.6. The molecule has 2 aliphatic heterocycles. The van der Waals surface area contributed by atoms with E-state index in [0.717, 1.165) is 11.8 Å². The van der Waals surface area contributed by atoms with Gasteiger partial charge in [-0.1, -0.05) is 11.8 Å². The van der Waals surface area contributed by atoms with Crippen LogP contribution in [0.15, 0.2) is 21.1 Å². The lowest BCUT2D eigenvalue weighted by atomic mass is 9.93. The van der Waals surface area contributed by atoms with Gasteiger partial charge in [0.25, 0.3) is 0 Å². The lowest BCUT2D eigenvalue weighted by Gasteiger charge is -2.25. The Morgan fingerprint density at radius 1 is 1.37 bits per heavy atom. The molecule has 0 fully saturated rings. The number of hydrogen-bond donors (Lipinski definition) is 2. The normalized spacial score (nSPS) is 30.5. The summed E-state index contributed by atoms with van der Waals surface area (Å²) in [7, 11) is 0. The number of halogens is 4. The number of amidine groups is 1. The van der Waals surface area contributed by atoms with Crippen LogP contribution in [-0.2, 0) is 0 Å². The Labute approximate surface area is 119 Å². The van der Waals surface area contributed by atoms with Crippen LogP contribution < -0.4 is 11.5 Å². The first kappa shape index (κ1) is 16.3. The lowest BCUT2D eigenvalue weighted by molar-refractivity contribution is -0.137. The summed E-state index contributed by atoms with van der Waals surface area (Å²) in [6, 6.07) is 0. The van der Waals surface area contributed by atoms with E-state index in [-0.39, 0.29) is 18.2 Å². The molecule has 4 nitrogen and oxygen atoms in total. The molecule has 0 aromatic rings. The molecule has 2 rings (SSSR count). The van der Waals surface area contributed by atoms with Crippen molar-refractivity contribution >= 4 is 35.0 Å². The number of aliphatic imine (C=N–C) groups is 2. The third-order valence-corrected chi connectivity index (χ3v) is 4.42. The Kier molecular flexibility index (Phi) is 4.29. The van der Waals surface area contributed by atoms with Gasteiger partial charge < -0.3 is 5.73 Å². The first-order valence-corrected chi connectivity index (χ1v) is 6.08. The second-order valence-electron chi connectivity index (χ2n) is 4.49. The monoisotopic (exact) mass is 314 g/mol. The van der Waals surface area contributed by atoms with Crippen LogP contribution in [0.1, 0.15) is 20.3 Å². The fourth-order valence-corrected chi connectivity index (χ4v) is 3.50. The van der Waals surface area contributed by atoms with Crippen molar-refractivity contribution in [3.8, 4) is 0 Å². The van der Waals surface area contributed by atoms with Crippen LogP contribution in [0, 0.1) is 0 Å². The quantitative estimate of drug-likeness (QED) is 0.779. The molecule has 0 aromatic carbocycles. The molecule has 0 saturated heterocycles. The molecule has 0 bridgehead atoms. The van der Waals surface area contributed by atoms with Crippen LogP contribution in [0.2, 0.25) is 0 Å². The number of alkyl halides is 3. The maximum Gasteiger partial charge on any atom is 0.390 e. The number of hydrogen-bond acceptors (Lipinski definition) is 5. The molecule has 4 N–H and O–H groups in total. The second-order valence-corrected chi connectivity index (χ2v) is 5.98. The van der Waals surface area contributed by atoms with Crippen molar-refractivity contribution in [2.75, 3.05) is 0 Å². The number of nitrogens with two attached hydrogens (primary N) is 2. The van der Waals surface area contributed by atoms with Gasteiger partial charge in [0.2, 0.25) is 0 Å². The SMILES string of the molecule is CC1=C2C(N)=NC(N)N=C2SC1(C)CC(F)(F)F.Cl. The van der Waals surface area contributed by atoms with E-state index in [9.17, 15) is 13.2 Å². The summed E-state index contributed by atoms with van der Waals surface area (Å²) in [5.74, 6) is 0.170. The predicted molar refractivity (Wildman–Crippen MR) is 73.6 cm³/mol. The number of nitrogens with zero attached hydrogens (tertiary/aromatic N) is 2. The summed E-state index contributed by atoms with van der Waals surface area (Å²) < 4.78 is 36.8. The first-order chi connectivity index (χ1) is 8.12. The van der Waals surface area contributed by atoms with Crippen molar-refractivity contribution in [3.05, 3.63) is 11.1 Å². The molecule has 2 atom stereocenters. The van der Waals surface area contributed by atoms with Crippen LogP contribution >= 0.6 is 24.2 Å². The first-order valence-electron chi connectivity index (χ1n) is 5.27. The molecule has 2 heterocycles. The summed E-state index contributed by atoms with van der Waals surface area (Å²) in [5.41, 5.74) is 12.3. The fourth-order valence-electron chi connectivity index (χ4n) is 2.07. The third kappa shape index (κ3) is 3.06. The topological polar surface area (TPSA) is 76.8 Å². The summed E-state index contributed by atoms with van der Waals surface area (Å²) in [6.45, 7) is 3.17. The van der Waals surface area contributed by atoms with Gasteiger partial charge in [0.1, 0.15) is 10.9 Å². The van der Waals surface area contributed by atoms with Gasteiger partial charge in [-0.25, -0.2) is 9.98 Å². The zero-order valence-corrected chi connectivity index (χ0v) is 11.9. The molecule has 0 aliphatic carbocycles. The van der Waals surface area contributed by atoms with Crippen LogP contribution in [0.25, 0.3) is 0 Å². The van der Waals surface area contributed by atoms with Crippen molar-refractivity contribution in [1.82, 2.24) is 0 Å². The van der Waals surface area contributed by atoms with E-state index in [4.69, 9.17) is 11.5 Å². The highest BCUT2D eigenvalue weighted by Crippen LogP contribution is 2.50. The molecular weight excluding hydrogens is 301 g/mol. The number of fused-ring (bicyclic) bond motifs is 1. The highest BCUT2D eigenvalue weighted by molar-refractivity contribution is 8.16.